The van der Waals surface area contributed by atoms with Crippen LogP contribution in [0.15, 0.2) is 53.3 Å². The number of anilines is 1. The van der Waals surface area contributed by atoms with Crippen LogP contribution in [-0.4, -0.2) is 53.9 Å². The number of piperazine rings is 1. The van der Waals surface area contributed by atoms with Crippen molar-refractivity contribution in [3.63, 3.8) is 0 Å². The smallest absolute Gasteiger partial charge is 0.253 e. The van der Waals surface area contributed by atoms with Gasteiger partial charge in [0.25, 0.3) is 5.91 Å². The van der Waals surface area contributed by atoms with Crippen LogP contribution in [0.5, 0.6) is 5.75 Å². The molecule has 0 aliphatic carbocycles. The van der Waals surface area contributed by atoms with Crippen molar-refractivity contribution >= 4 is 34.3 Å². The fourth-order valence-corrected chi connectivity index (χ4v) is 4.76. The second-order valence-electron chi connectivity index (χ2n) is 9.05. The third-order valence-corrected chi connectivity index (χ3v) is 7.00. The number of nitrogen functional groups attached to an aromatic ring is 1. The Bertz CT molecular complexity index is 1470. The summed E-state index contributed by atoms with van der Waals surface area (Å²) in [5, 5.41) is 0.248. The zero-order chi connectivity index (χ0) is 26.3. The lowest BCUT2D eigenvalue weighted by Crippen LogP contribution is -2.47. The van der Waals surface area contributed by atoms with Gasteiger partial charge in [0.15, 0.2) is 11.4 Å². The van der Waals surface area contributed by atoms with E-state index in [1.807, 2.05) is 24.1 Å². The van der Waals surface area contributed by atoms with E-state index in [0.29, 0.717) is 35.2 Å². The molecule has 2 aromatic heterocycles. The first kappa shape index (κ1) is 25.0. The number of aromatic nitrogens is 1. The summed E-state index contributed by atoms with van der Waals surface area (Å²) >= 11 is 6.00. The number of pyridine rings is 1. The van der Waals surface area contributed by atoms with E-state index >= 15 is 0 Å². The maximum absolute atomic E-state index is 14.4. The molecule has 1 aliphatic heterocycles. The SMILES string of the molecule is CC(Oc1c(N)ncc2c(-c3ccc(C(=O)N4CCN(C)CC4)cc3)coc12)c1c(F)ccc(F)c1Cl. The molecule has 1 fully saturated rings. The molecule has 5 rings (SSSR count). The first-order chi connectivity index (χ1) is 17.7. The monoisotopic (exact) mass is 526 g/mol. The van der Waals surface area contributed by atoms with Crippen LogP contribution in [0.1, 0.15) is 28.9 Å². The number of nitrogens with zero attached hydrogens (tertiary/aromatic N) is 3. The second kappa shape index (κ2) is 9.99. The molecule has 1 aliphatic rings. The van der Waals surface area contributed by atoms with Crippen LogP contribution < -0.4 is 10.5 Å². The Morgan fingerprint density at radius 3 is 2.49 bits per heavy atom. The molecular weight excluding hydrogens is 502 g/mol. The highest BCUT2D eigenvalue weighted by atomic mass is 35.5. The summed E-state index contributed by atoms with van der Waals surface area (Å²) in [5.74, 6) is -1.34. The van der Waals surface area contributed by atoms with Gasteiger partial charge in [0, 0.05) is 49.1 Å². The lowest BCUT2D eigenvalue weighted by molar-refractivity contribution is 0.0664. The topological polar surface area (TPSA) is 84.8 Å². The molecule has 0 saturated carbocycles. The predicted molar refractivity (Wildman–Crippen MR) is 138 cm³/mol. The highest BCUT2D eigenvalue weighted by molar-refractivity contribution is 6.31. The minimum Gasteiger partial charge on any atom is -0.478 e. The van der Waals surface area contributed by atoms with E-state index in [9.17, 15) is 13.6 Å². The second-order valence-corrected chi connectivity index (χ2v) is 9.43. The first-order valence-electron chi connectivity index (χ1n) is 11.8. The van der Waals surface area contributed by atoms with Crippen LogP contribution in [0.3, 0.4) is 0 Å². The molecular formula is C27H25ClF2N4O3. The van der Waals surface area contributed by atoms with Gasteiger partial charge in [-0.15, -0.1) is 0 Å². The van der Waals surface area contributed by atoms with E-state index in [4.69, 9.17) is 26.5 Å². The molecule has 1 saturated heterocycles. The van der Waals surface area contributed by atoms with Gasteiger partial charge in [0.1, 0.15) is 17.7 Å². The van der Waals surface area contributed by atoms with Crippen LogP contribution in [0.4, 0.5) is 14.6 Å². The fourth-order valence-electron chi connectivity index (χ4n) is 4.45. The summed E-state index contributed by atoms with van der Waals surface area (Å²) in [6.07, 6.45) is 2.11. The molecule has 1 amide bonds. The number of likely N-dealkylation sites (N-methyl/N-ethyl adjacent to an activating group) is 1. The Kier molecular flexibility index (Phi) is 6.74. The number of halogens is 3. The minimum atomic E-state index is -0.980. The summed E-state index contributed by atoms with van der Waals surface area (Å²) in [6, 6.07) is 9.20. The molecule has 7 nitrogen and oxygen atoms in total. The summed E-state index contributed by atoms with van der Waals surface area (Å²) in [4.78, 5) is 21.1. The van der Waals surface area contributed by atoms with Crippen molar-refractivity contribution in [2.24, 2.45) is 0 Å². The molecule has 37 heavy (non-hydrogen) atoms. The zero-order valence-corrected chi connectivity index (χ0v) is 21.1. The lowest BCUT2D eigenvalue weighted by Gasteiger charge is -2.32. The Morgan fingerprint density at radius 2 is 1.78 bits per heavy atom. The van der Waals surface area contributed by atoms with Crippen LogP contribution >= 0.6 is 11.6 Å². The number of fused-ring (bicyclic) bond motifs is 1. The molecule has 192 valence electrons. The molecule has 1 atom stereocenters. The van der Waals surface area contributed by atoms with Gasteiger partial charge in [-0.05, 0) is 43.8 Å². The highest BCUT2D eigenvalue weighted by Gasteiger charge is 2.24. The van der Waals surface area contributed by atoms with Crippen molar-refractivity contribution in [2.75, 3.05) is 39.0 Å². The van der Waals surface area contributed by atoms with E-state index in [1.54, 1.807) is 18.3 Å². The largest absolute Gasteiger partial charge is 0.478 e. The average molecular weight is 527 g/mol. The van der Waals surface area contributed by atoms with Gasteiger partial charge in [-0.1, -0.05) is 23.7 Å². The summed E-state index contributed by atoms with van der Waals surface area (Å²) in [6.45, 7) is 4.62. The minimum absolute atomic E-state index is 0.000873. The first-order valence-corrected chi connectivity index (χ1v) is 12.2. The number of carbonyl (C=O) groups is 1. The van der Waals surface area contributed by atoms with Gasteiger partial charge in [0.2, 0.25) is 5.75 Å². The van der Waals surface area contributed by atoms with Crippen molar-refractivity contribution in [3.05, 3.63) is 76.6 Å². The van der Waals surface area contributed by atoms with E-state index in [-0.39, 0.29) is 28.1 Å². The van der Waals surface area contributed by atoms with Crippen LogP contribution in [0.2, 0.25) is 5.02 Å². The quantitative estimate of drug-likeness (QED) is 0.344. The molecule has 3 heterocycles. The Morgan fingerprint density at radius 1 is 1.11 bits per heavy atom. The zero-order valence-electron chi connectivity index (χ0n) is 20.3. The Hall–Kier alpha value is -3.69. The molecule has 0 radical (unpaired) electrons. The van der Waals surface area contributed by atoms with Crippen molar-refractivity contribution in [1.29, 1.82) is 0 Å². The van der Waals surface area contributed by atoms with Gasteiger partial charge in [-0.25, -0.2) is 13.8 Å². The number of amides is 1. The molecule has 0 bridgehead atoms. The molecule has 10 heteroatoms. The summed E-state index contributed by atoms with van der Waals surface area (Å²) < 4.78 is 40.1. The standard InChI is InChI=1S/C27H25ClF2N4O3/c1-15(22-20(29)7-8-21(30)23(22)28)37-25-24-18(13-32-26(25)31)19(14-36-24)16-3-5-17(6-4-16)27(35)34-11-9-33(2)10-12-34/h3-8,13-15H,9-12H2,1-2H3,(H2,31,32). The molecule has 0 spiro atoms. The van der Waals surface area contributed by atoms with Gasteiger partial charge >= 0.3 is 0 Å². The average Bonchev–Trinajstić information content (AvgIpc) is 3.33. The van der Waals surface area contributed by atoms with Crippen LogP contribution in [-0.2, 0) is 0 Å². The number of ether oxygens (including phenoxy) is 1. The number of nitrogens with two attached hydrogens (primary N) is 1. The van der Waals surface area contributed by atoms with E-state index < -0.39 is 17.7 Å². The van der Waals surface area contributed by atoms with Gasteiger partial charge < -0.3 is 24.7 Å². The highest BCUT2D eigenvalue weighted by Crippen LogP contribution is 2.40. The Balaban J connectivity index is 1.43. The normalized spacial score (nSPS) is 15.2. The molecule has 2 aromatic carbocycles. The lowest BCUT2D eigenvalue weighted by atomic mass is 10.0. The van der Waals surface area contributed by atoms with Gasteiger partial charge in [-0.2, -0.15) is 0 Å². The van der Waals surface area contributed by atoms with Crippen molar-refractivity contribution in [1.82, 2.24) is 14.8 Å². The van der Waals surface area contributed by atoms with Gasteiger partial charge in [-0.3, -0.25) is 4.79 Å². The number of carbonyl (C=O) groups excluding carboxylic acids is 1. The van der Waals surface area contributed by atoms with Crippen molar-refractivity contribution in [3.8, 4) is 16.9 Å². The number of furan rings is 1. The van der Waals surface area contributed by atoms with E-state index in [0.717, 1.165) is 30.8 Å². The van der Waals surface area contributed by atoms with Crippen molar-refractivity contribution in [2.45, 2.75) is 13.0 Å². The molecule has 4 aromatic rings. The number of hydrogen-bond acceptors (Lipinski definition) is 6. The molecule has 1 unspecified atom stereocenters. The third kappa shape index (κ3) is 4.72. The number of rotatable bonds is 5. The summed E-state index contributed by atoms with van der Waals surface area (Å²) in [5.41, 5.74) is 8.36. The fraction of sp³-hybridized carbons (Fsp3) is 0.259. The third-order valence-electron chi connectivity index (χ3n) is 6.61. The number of benzene rings is 2. The van der Waals surface area contributed by atoms with Crippen LogP contribution in [0.25, 0.3) is 22.1 Å². The predicted octanol–water partition coefficient (Wildman–Crippen LogP) is 5.54. The van der Waals surface area contributed by atoms with Crippen molar-refractivity contribution < 1.29 is 22.7 Å². The maximum Gasteiger partial charge on any atom is 0.253 e. The van der Waals surface area contributed by atoms with E-state index in [1.165, 1.54) is 13.2 Å². The van der Waals surface area contributed by atoms with Crippen LogP contribution in [0, 0.1) is 11.6 Å². The maximum atomic E-state index is 14.4. The van der Waals surface area contributed by atoms with E-state index in [2.05, 4.69) is 9.88 Å². The Labute approximate surface area is 217 Å². The number of hydrogen-bond donors (Lipinski definition) is 1. The molecule has 2 N–H and O–H groups in total. The van der Waals surface area contributed by atoms with Gasteiger partial charge in [0.05, 0.1) is 16.7 Å². The summed E-state index contributed by atoms with van der Waals surface area (Å²) in [7, 11) is 2.04.